The molecule has 1 aromatic carbocycles. The Hall–Kier alpha value is -2.37. The van der Waals surface area contributed by atoms with Crippen LogP contribution in [0.3, 0.4) is 0 Å². The molecule has 1 aromatic heterocycles. The molecule has 0 aliphatic carbocycles. The number of anilines is 1. The molecule has 18 heavy (non-hydrogen) atoms. The second kappa shape index (κ2) is 4.87. The first-order valence-corrected chi connectivity index (χ1v) is 5.45. The van der Waals surface area contributed by atoms with Crippen LogP contribution in [0.25, 0.3) is 10.9 Å². The number of aryl methyl sites for hydroxylation is 1. The Morgan fingerprint density at radius 1 is 1.39 bits per heavy atom. The van der Waals surface area contributed by atoms with E-state index in [0.717, 1.165) is 22.3 Å². The van der Waals surface area contributed by atoms with Crippen LogP contribution < -0.4 is 15.8 Å². The topological polar surface area (TPSA) is 85.4 Å². The molecule has 1 heterocycles. The number of nitrogens with one attached hydrogen (secondary N) is 1. The number of nitrogens with two attached hydrogens (primary N) is 1. The Kier molecular flexibility index (Phi) is 3.27. The lowest BCUT2D eigenvalue weighted by atomic mass is 10.2. The maximum absolute atomic E-state index is 5.59. The quantitative estimate of drug-likeness (QED) is 0.615. The minimum atomic E-state index is 0.275. The predicted molar refractivity (Wildman–Crippen MR) is 72.0 cm³/mol. The molecular formula is C12H15N5O. The minimum absolute atomic E-state index is 0.275. The molecule has 0 bridgehead atoms. The van der Waals surface area contributed by atoms with E-state index in [-0.39, 0.29) is 5.96 Å². The molecule has 3 N–H and O–H groups in total. The van der Waals surface area contributed by atoms with Crippen molar-refractivity contribution in [3.63, 3.8) is 0 Å². The monoisotopic (exact) mass is 245 g/mol. The zero-order valence-electron chi connectivity index (χ0n) is 10.6. The molecule has 2 aromatic rings. The van der Waals surface area contributed by atoms with E-state index < -0.39 is 0 Å². The van der Waals surface area contributed by atoms with Crippen molar-refractivity contribution in [3.05, 3.63) is 23.9 Å². The zero-order chi connectivity index (χ0) is 13.1. The third kappa shape index (κ3) is 2.32. The Balaban J connectivity index is 2.52. The minimum Gasteiger partial charge on any atom is -0.497 e. The van der Waals surface area contributed by atoms with Crippen LogP contribution in [-0.2, 0) is 0 Å². The maximum Gasteiger partial charge on any atom is 0.230 e. The van der Waals surface area contributed by atoms with E-state index in [0.29, 0.717) is 5.95 Å². The number of fused-ring (bicyclic) bond motifs is 1. The summed E-state index contributed by atoms with van der Waals surface area (Å²) in [6.07, 6.45) is 0. The van der Waals surface area contributed by atoms with E-state index in [9.17, 15) is 0 Å². The normalized spacial score (nSPS) is 11.6. The van der Waals surface area contributed by atoms with E-state index in [2.05, 4.69) is 20.3 Å². The second-order valence-electron chi connectivity index (χ2n) is 3.75. The number of nitrogens with zero attached hydrogens (tertiary/aromatic N) is 3. The molecule has 0 saturated heterocycles. The van der Waals surface area contributed by atoms with Gasteiger partial charge in [0.2, 0.25) is 5.95 Å². The highest BCUT2D eigenvalue weighted by atomic mass is 16.5. The summed E-state index contributed by atoms with van der Waals surface area (Å²) in [7, 11) is 3.22. The average molecular weight is 245 g/mol. The first-order chi connectivity index (χ1) is 8.63. The lowest BCUT2D eigenvalue weighted by Crippen LogP contribution is -2.23. The van der Waals surface area contributed by atoms with Crippen molar-refractivity contribution in [2.45, 2.75) is 6.92 Å². The highest BCUT2D eigenvalue weighted by molar-refractivity contribution is 5.92. The summed E-state index contributed by atoms with van der Waals surface area (Å²) in [6.45, 7) is 1.92. The predicted octanol–water partition coefficient (Wildman–Crippen LogP) is 1.30. The molecule has 0 atom stereocenters. The van der Waals surface area contributed by atoms with E-state index in [1.807, 2.05) is 25.1 Å². The Bertz CT molecular complexity index is 609. The van der Waals surface area contributed by atoms with Crippen molar-refractivity contribution >= 4 is 22.8 Å². The van der Waals surface area contributed by atoms with E-state index in [1.54, 1.807) is 14.2 Å². The SMILES string of the molecule is CN=C(N)Nc1nc(C)c2ccc(OC)cc2n1. The van der Waals surface area contributed by atoms with Crippen LogP contribution in [-0.4, -0.2) is 30.1 Å². The highest BCUT2D eigenvalue weighted by Crippen LogP contribution is 2.22. The van der Waals surface area contributed by atoms with Crippen molar-refractivity contribution in [1.29, 1.82) is 0 Å². The fourth-order valence-electron chi connectivity index (χ4n) is 1.62. The average Bonchev–Trinajstić information content (AvgIpc) is 2.37. The van der Waals surface area contributed by atoms with Gasteiger partial charge in [-0.05, 0) is 19.1 Å². The van der Waals surface area contributed by atoms with Crippen LogP contribution in [0.2, 0.25) is 0 Å². The fraction of sp³-hybridized carbons (Fsp3) is 0.250. The molecule has 0 amide bonds. The number of hydrogen-bond acceptors (Lipinski definition) is 4. The number of ether oxygens (including phenoxy) is 1. The number of aliphatic imine (C=N–C) groups is 1. The molecule has 0 radical (unpaired) electrons. The van der Waals surface area contributed by atoms with Gasteiger partial charge in [0.15, 0.2) is 5.96 Å². The second-order valence-corrected chi connectivity index (χ2v) is 3.75. The zero-order valence-corrected chi connectivity index (χ0v) is 10.6. The van der Waals surface area contributed by atoms with Gasteiger partial charge in [0.1, 0.15) is 5.75 Å². The van der Waals surface area contributed by atoms with Crippen LogP contribution >= 0.6 is 0 Å². The summed E-state index contributed by atoms with van der Waals surface area (Å²) < 4.78 is 5.18. The van der Waals surface area contributed by atoms with Crippen molar-refractivity contribution < 1.29 is 4.74 Å². The summed E-state index contributed by atoms with van der Waals surface area (Å²) in [4.78, 5) is 12.5. The summed E-state index contributed by atoms with van der Waals surface area (Å²) in [6, 6.07) is 5.67. The molecule has 0 spiro atoms. The van der Waals surface area contributed by atoms with Gasteiger partial charge in [-0.2, -0.15) is 0 Å². The van der Waals surface area contributed by atoms with E-state index >= 15 is 0 Å². The first kappa shape index (κ1) is 12.1. The third-order valence-corrected chi connectivity index (χ3v) is 2.58. The summed E-state index contributed by atoms with van der Waals surface area (Å²) in [5.41, 5.74) is 7.26. The lowest BCUT2D eigenvalue weighted by Gasteiger charge is -2.08. The molecule has 0 saturated carbocycles. The summed E-state index contributed by atoms with van der Waals surface area (Å²) in [5, 5.41) is 3.81. The molecule has 0 fully saturated rings. The Morgan fingerprint density at radius 2 is 2.17 bits per heavy atom. The molecular weight excluding hydrogens is 230 g/mol. The van der Waals surface area contributed by atoms with E-state index in [1.165, 1.54) is 0 Å². The highest BCUT2D eigenvalue weighted by Gasteiger charge is 2.06. The van der Waals surface area contributed by atoms with Gasteiger partial charge >= 0.3 is 0 Å². The van der Waals surface area contributed by atoms with Crippen LogP contribution in [0.5, 0.6) is 5.75 Å². The van der Waals surface area contributed by atoms with Gasteiger partial charge in [-0.25, -0.2) is 9.97 Å². The number of guanidine groups is 1. The lowest BCUT2D eigenvalue weighted by molar-refractivity contribution is 0.415. The van der Waals surface area contributed by atoms with Gasteiger partial charge in [-0.1, -0.05) is 0 Å². The number of methoxy groups -OCH3 is 1. The van der Waals surface area contributed by atoms with Crippen molar-refractivity contribution in [2.75, 3.05) is 19.5 Å². The number of benzene rings is 1. The smallest absolute Gasteiger partial charge is 0.230 e. The van der Waals surface area contributed by atoms with Crippen LogP contribution in [0.15, 0.2) is 23.2 Å². The Morgan fingerprint density at radius 3 is 2.83 bits per heavy atom. The van der Waals surface area contributed by atoms with Crippen molar-refractivity contribution in [2.24, 2.45) is 10.7 Å². The Labute approximate surface area is 105 Å². The van der Waals surface area contributed by atoms with Gasteiger partial charge in [-0.3, -0.25) is 10.3 Å². The standard InChI is InChI=1S/C12H15N5O/c1-7-9-5-4-8(18-3)6-10(9)16-12(15-7)17-11(13)14-2/h4-6H,1-3H3,(H3,13,14,15,16,17). The van der Waals surface area contributed by atoms with E-state index in [4.69, 9.17) is 10.5 Å². The molecule has 0 aliphatic heterocycles. The van der Waals surface area contributed by atoms with Crippen LogP contribution in [0, 0.1) is 6.92 Å². The molecule has 0 unspecified atom stereocenters. The third-order valence-electron chi connectivity index (χ3n) is 2.58. The van der Waals surface area contributed by atoms with Crippen LogP contribution in [0.4, 0.5) is 5.95 Å². The molecule has 0 aliphatic rings. The molecule has 6 nitrogen and oxygen atoms in total. The van der Waals surface area contributed by atoms with Gasteiger partial charge in [-0.15, -0.1) is 0 Å². The van der Waals surface area contributed by atoms with Gasteiger partial charge in [0, 0.05) is 18.5 Å². The van der Waals surface area contributed by atoms with Crippen LogP contribution in [0.1, 0.15) is 5.69 Å². The fourth-order valence-corrected chi connectivity index (χ4v) is 1.62. The molecule has 6 heteroatoms. The maximum atomic E-state index is 5.59. The van der Waals surface area contributed by atoms with Crippen molar-refractivity contribution in [3.8, 4) is 5.75 Å². The van der Waals surface area contributed by atoms with Gasteiger partial charge < -0.3 is 10.5 Å². The largest absolute Gasteiger partial charge is 0.497 e. The van der Waals surface area contributed by atoms with Gasteiger partial charge in [0.25, 0.3) is 0 Å². The number of hydrogen-bond donors (Lipinski definition) is 2. The summed E-state index contributed by atoms with van der Waals surface area (Å²) in [5.74, 6) is 1.46. The molecule has 94 valence electrons. The number of aromatic nitrogens is 2. The number of rotatable bonds is 2. The molecule has 2 rings (SSSR count). The summed E-state index contributed by atoms with van der Waals surface area (Å²) >= 11 is 0. The van der Waals surface area contributed by atoms with Crippen molar-refractivity contribution in [1.82, 2.24) is 9.97 Å². The van der Waals surface area contributed by atoms with Gasteiger partial charge in [0.05, 0.1) is 18.3 Å². The first-order valence-electron chi connectivity index (χ1n) is 5.45.